The molecule has 0 aromatic heterocycles. The quantitative estimate of drug-likeness (QED) is 0.721. The highest BCUT2D eigenvalue weighted by Gasteiger charge is 2.40. The van der Waals surface area contributed by atoms with Gasteiger partial charge in [-0.2, -0.15) is 0 Å². The molecule has 4 heteroatoms. The topological polar surface area (TPSA) is 46.9 Å². The van der Waals surface area contributed by atoms with Crippen molar-refractivity contribution in [2.45, 2.75) is 51.0 Å². The van der Waals surface area contributed by atoms with Crippen LogP contribution in [0.1, 0.15) is 26.7 Å². The molecule has 1 aliphatic carbocycles. The molecule has 16 heavy (non-hydrogen) atoms. The number of likely N-dealkylation sites (N-methyl/N-ethyl adjacent to an activating group) is 2. The van der Waals surface area contributed by atoms with Gasteiger partial charge in [-0.25, -0.2) is 0 Å². The van der Waals surface area contributed by atoms with Crippen molar-refractivity contribution in [3.63, 3.8) is 0 Å². The maximum Gasteiger partial charge on any atom is 0.0875 e. The Morgan fingerprint density at radius 3 is 2.06 bits per heavy atom. The van der Waals surface area contributed by atoms with E-state index in [1.54, 1.807) is 0 Å². The van der Waals surface area contributed by atoms with Crippen LogP contribution in [-0.2, 0) is 0 Å². The molecular weight excluding hydrogens is 204 g/mol. The third kappa shape index (κ3) is 2.74. The molecule has 1 aliphatic rings. The fourth-order valence-electron chi connectivity index (χ4n) is 2.81. The fourth-order valence-corrected chi connectivity index (χ4v) is 2.81. The predicted molar refractivity (Wildman–Crippen MR) is 65.4 cm³/mol. The summed E-state index contributed by atoms with van der Waals surface area (Å²) in [6.07, 6.45) is 0.790. The highest BCUT2D eigenvalue weighted by Crippen LogP contribution is 2.26. The molecule has 0 bridgehead atoms. The number of aliphatic hydroxyl groups is 2. The lowest BCUT2D eigenvalue weighted by molar-refractivity contribution is -0.0862. The third-order valence-corrected chi connectivity index (χ3v) is 3.79. The summed E-state index contributed by atoms with van der Waals surface area (Å²) in [5.41, 5.74) is 0. The number of nitrogens with zero attached hydrogens (tertiary/aromatic N) is 2. The predicted octanol–water partition coefficient (Wildman–Crippen LogP) is 0.143. The molecule has 0 aromatic carbocycles. The zero-order valence-corrected chi connectivity index (χ0v) is 10.9. The Kier molecular flexibility index (Phi) is 5.18. The highest BCUT2D eigenvalue weighted by molar-refractivity contribution is 4.96. The van der Waals surface area contributed by atoms with Crippen molar-refractivity contribution >= 4 is 0 Å². The molecule has 0 aromatic rings. The lowest BCUT2D eigenvalue weighted by atomic mass is 9.84. The number of hydrogen-bond donors (Lipinski definition) is 2. The van der Waals surface area contributed by atoms with E-state index >= 15 is 0 Å². The van der Waals surface area contributed by atoms with Crippen molar-refractivity contribution in [2.24, 2.45) is 0 Å². The summed E-state index contributed by atoms with van der Waals surface area (Å²) in [6, 6.07) is 0.0464. The largest absolute Gasteiger partial charge is 0.391 e. The molecule has 1 fully saturated rings. The van der Waals surface area contributed by atoms with Gasteiger partial charge in [-0.05, 0) is 40.0 Å². The Morgan fingerprint density at radius 1 is 1.06 bits per heavy atom. The molecule has 1 saturated carbocycles. The minimum Gasteiger partial charge on any atom is -0.391 e. The van der Waals surface area contributed by atoms with Crippen molar-refractivity contribution < 1.29 is 10.2 Å². The zero-order chi connectivity index (χ0) is 12.3. The maximum absolute atomic E-state index is 10.4. The second-order valence-electron chi connectivity index (χ2n) is 4.88. The average molecular weight is 230 g/mol. The summed E-state index contributed by atoms with van der Waals surface area (Å²) in [5, 5.41) is 20.4. The van der Waals surface area contributed by atoms with Gasteiger partial charge in [-0.3, -0.25) is 4.90 Å². The zero-order valence-electron chi connectivity index (χ0n) is 10.9. The van der Waals surface area contributed by atoms with Crippen LogP contribution in [0, 0.1) is 0 Å². The first kappa shape index (κ1) is 13.9. The van der Waals surface area contributed by atoms with Crippen molar-refractivity contribution in [3.8, 4) is 0 Å². The van der Waals surface area contributed by atoms with E-state index in [9.17, 15) is 10.2 Å². The average Bonchev–Trinajstić information content (AvgIpc) is 2.23. The van der Waals surface area contributed by atoms with Crippen LogP contribution in [0.5, 0.6) is 0 Å². The van der Waals surface area contributed by atoms with Gasteiger partial charge in [-0.1, -0.05) is 13.8 Å². The van der Waals surface area contributed by atoms with Crippen molar-refractivity contribution in [1.29, 1.82) is 0 Å². The highest BCUT2D eigenvalue weighted by atomic mass is 16.3. The molecule has 2 N–H and O–H groups in total. The number of hydrogen-bond acceptors (Lipinski definition) is 4. The van der Waals surface area contributed by atoms with Crippen molar-refractivity contribution in [3.05, 3.63) is 0 Å². The third-order valence-electron chi connectivity index (χ3n) is 3.79. The molecule has 1 rings (SSSR count). The Labute approximate surface area is 98.9 Å². The Bertz CT molecular complexity index is 207. The lowest BCUT2D eigenvalue weighted by Gasteiger charge is -2.45. The molecule has 4 atom stereocenters. The first-order valence-corrected chi connectivity index (χ1v) is 6.29. The summed E-state index contributed by atoms with van der Waals surface area (Å²) >= 11 is 0. The second-order valence-corrected chi connectivity index (χ2v) is 4.88. The van der Waals surface area contributed by atoms with Crippen molar-refractivity contribution in [2.75, 3.05) is 27.2 Å². The summed E-state index contributed by atoms with van der Waals surface area (Å²) in [5.74, 6) is 0. The first-order chi connectivity index (χ1) is 7.52. The van der Waals surface area contributed by atoms with Gasteiger partial charge in [-0.15, -0.1) is 0 Å². The minimum atomic E-state index is -0.460. The van der Waals surface area contributed by atoms with E-state index in [-0.39, 0.29) is 12.1 Å². The van der Waals surface area contributed by atoms with Crippen molar-refractivity contribution in [1.82, 2.24) is 9.80 Å². The smallest absolute Gasteiger partial charge is 0.0875 e. The molecule has 96 valence electrons. The van der Waals surface area contributed by atoms with Crippen LogP contribution in [0.25, 0.3) is 0 Å². The van der Waals surface area contributed by atoms with E-state index in [1.807, 2.05) is 14.1 Å². The normalized spacial score (nSPS) is 36.0. The SMILES string of the molecule is CCN(CC)C1C(O)CCC(N(C)C)C1O. The number of rotatable bonds is 4. The van der Waals surface area contributed by atoms with Crippen LogP contribution in [-0.4, -0.2) is 71.5 Å². The molecule has 0 spiro atoms. The standard InChI is InChI=1S/C12H26N2O2/c1-5-14(6-2)11-10(15)8-7-9(12(11)16)13(3)4/h9-12,15-16H,5-8H2,1-4H3. The summed E-state index contributed by atoms with van der Waals surface area (Å²) < 4.78 is 0. The van der Waals surface area contributed by atoms with Crippen LogP contribution in [0.4, 0.5) is 0 Å². The second kappa shape index (κ2) is 5.96. The maximum atomic E-state index is 10.4. The van der Waals surface area contributed by atoms with Gasteiger partial charge in [0.05, 0.1) is 18.2 Å². The molecule has 4 unspecified atom stereocenters. The van der Waals surface area contributed by atoms with Gasteiger partial charge in [0, 0.05) is 6.04 Å². The van der Waals surface area contributed by atoms with E-state index in [0.29, 0.717) is 0 Å². The molecule has 4 nitrogen and oxygen atoms in total. The Balaban J connectivity index is 2.78. The fraction of sp³-hybridized carbons (Fsp3) is 1.00. The van der Waals surface area contributed by atoms with Crippen LogP contribution < -0.4 is 0 Å². The van der Waals surface area contributed by atoms with Gasteiger partial charge in [0.15, 0.2) is 0 Å². The molecular formula is C12H26N2O2. The van der Waals surface area contributed by atoms with Gasteiger partial charge in [0.25, 0.3) is 0 Å². The van der Waals surface area contributed by atoms with E-state index < -0.39 is 12.2 Å². The van der Waals surface area contributed by atoms with Gasteiger partial charge >= 0.3 is 0 Å². The summed E-state index contributed by atoms with van der Waals surface area (Å²) in [4.78, 5) is 4.22. The van der Waals surface area contributed by atoms with E-state index in [4.69, 9.17) is 0 Å². The Morgan fingerprint density at radius 2 is 1.62 bits per heavy atom. The van der Waals surface area contributed by atoms with Crippen LogP contribution in [0.3, 0.4) is 0 Å². The number of aliphatic hydroxyl groups excluding tert-OH is 2. The van der Waals surface area contributed by atoms with Gasteiger partial charge < -0.3 is 15.1 Å². The van der Waals surface area contributed by atoms with E-state index in [2.05, 4.69) is 23.6 Å². The van der Waals surface area contributed by atoms with E-state index in [0.717, 1.165) is 25.9 Å². The summed E-state index contributed by atoms with van der Waals surface area (Å²) in [6.45, 7) is 5.88. The van der Waals surface area contributed by atoms with Crippen LogP contribution >= 0.6 is 0 Å². The van der Waals surface area contributed by atoms with Crippen LogP contribution in [0.15, 0.2) is 0 Å². The van der Waals surface area contributed by atoms with E-state index in [1.165, 1.54) is 0 Å². The first-order valence-electron chi connectivity index (χ1n) is 6.29. The lowest BCUT2D eigenvalue weighted by Crippen LogP contribution is -2.60. The Hall–Kier alpha value is -0.160. The van der Waals surface area contributed by atoms with Crippen LogP contribution in [0.2, 0.25) is 0 Å². The molecule has 0 amide bonds. The monoisotopic (exact) mass is 230 g/mol. The van der Waals surface area contributed by atoms with Gasteiger partial charge in [0.1, 0.15) is 0 Å². The molecule has 0 aliphatic heterocycles. The molecule has 0 radical (unpaired) electrons. The molecule has 0 saturated heterocycles. The van der Waals surface area contributed by atoms with Gasteiger partial charge in [0.2, 0.25) is 0 Å². The minimum absolute atomic E-state index is 0.115. The molecule has 0 heterocycles. The summed E-state index contributed by atoms with van der Waals surface area (Å²) in [7, 11) is 3.98.